The molecule has 4 rings (SSSR count). The van der Waals surface area contributed by atoms with Crippen molar-refractivity contribution in [2.45, 2.75) is 62.9 Å². The van der Waals surface area contributed by atoms with Crippen molar-refractivity contribution >= 4 is 29.5 Å². The molecule has 3 amide bonds. The topological polar surface area (TPSA) is 87.7 Å². The highest BCUT2D eigenvalue weighted by Crippen LogP contribution is 2.56. The monoisotopic (exact) mass is 495 g/mol. The summed E-state index contributed by atoms with van der Waals surface area (Å²) in [6.45, 7) is 8.26. The zero-order chi connectivity index (χ0) is 25.3. The quantitative estimate of drug-likeness (QED) is 0.580. The molecule has 7 nitrogen and oxygen atoms in total. The molecule has 186 valence electrons. The molecular weight excluding hydrogens is 462 g/mol. The molecule has 2 N–H and O–H groups in total. The van der Waals surface area contributed by atoms with Gasteiger partial charge in [-0.2, -0.15) is 0 Å². The number of amides is 3. The molecule has 2 aromatic carbocycles. The Morgan fingerprint density at radius 1 is 1.14 bits per heavy atom. The third-order valence-corrected chi connectivity index (χ3v) is 8.50. The van der Waals surface area contributed by atoms with Gasteiger partial charge in [-0.05, 0) is 49.1 Å². The maximum atomic E-state index is 13.7. The molecule has 2 aromatic rings. The van der Waals surface area contributed by atoms with E-state index in [-0.39, 0.29) is 29.0 Å². The van der Waals surface area contributed by atoms with Crippen molar-refractivity contribution < 1.29 is 19.1 Å². The lowest BCUT2D eigenvalue weighted by molar-refractivity contribution is -0.133. The molecule has 0 radical (unpaired) electrons. The van der Waals surface area contributed by atoms with E-state index in [0.29, 0.717) is 12.1 Å². The van der Waals surface area contributed by atoms with Gasteiger partial charge >= 0.3 is 0 Å². The molecule has 0 aliphatic carbocycles. The summed E-state index contributed by atoms with van der Waals surface area (Å²) in [5.74, 6) is 0.0107. The molecule has 0 bridgehead atoms. The van der Waals surface area contributed by atoms with Gasteiger partial charge in [-0.1, -0.05) is 50.6 Å². The van der Waals surface area contributed by atoms with Crippen LogP contribution in [0.25, 0.3) is 0 Å². The summed E-state index contributed by atoms with van der Waals surface area (Å²) in [6, 6.07) is 13.6. The van der Waals surface area contributed by atoms with Crippen molar-refractivity contribution in [2.24, 2.45) is 5.92 Å². The Bertz CT molecular complexity index is 1120. The number of nitrogens with one attached hydrogen (secondary N) is 2. The number of nitrogens with zero attached hydrogens (tertiary/aromatic N) is 1. The van der Waals surface area contributed by atoms with Crippen molar-refractivity contribution in [1.29, 1.82) is 0 Å². The Morgan fingerprint density at radius 2 is 1.83 bits per heavy atom. The zero-order valence-electron chi connectivity index (χ0n) is 20.8. The summed E-state index contributed by atoms with van der Waals surface area (Å²) in [5, 5.41) is 5.76. The largest absolute Gasteiger partial charge is 0.497 e. The van der Waals surface area contributed by atoms with Gasteiger partial charge in [0.05, 0.1) is 7.11 Å². The van der Waals surface area contributed by atoms with E-state index in [4.69, 9.17) is 4.74 Å². The van der Waals surface area contributed by atoms with Crippen LogP contribution in [0, 0.1) is 5.92 Å². The first-order valence-corrected chi connectivity index (χ1v) is 12.9. The Hall–Kier alpha value is -3.00. The number of fused-ring (bicyclic) bond motifs is 3. The highest BCUT2D eigenvalue weighted by atomic mass is 32.2. The van der Waals surface area contributed by atoms with E-state index in [9.17, 15) is 14.4 Å². The number of benzene rings is 2. The standard InChI is InChI=1S/C27H33N3O4S/c1-6-16(2)21(23(31)28-15-17-11-13-18(34-5)14-12-17)29-24(32)22-27(3,4)35-26-20-10-8-7-9-19(20)25(33)30(22)26/h7-14,16,21-22,26H,6,15H2,1-5H3,(H,28,31)(H,29,32)/t16-,21+,22+,26-/m1/s1. The first kappa shape index (κ1) is 25.1. The fraction of sp³-hybridized carbons (Fsp3) is 0.444. The van der Waals surface area contributed by atoms with Crippen molar-refractivity contribution in [2.75, 3.05) is 7.11 Å². The molecule has 0 aromatic heterocycles. The second kappa shape index (κ2) is 9.93. The average molecular weight is 496 g/mol. The number of carbonyl (C=O) groups is 3. The first-order chi connectivity index (χ1) is 16.7. The number of carbonyl (C=O) groups excluding carboxylic acids is 3. The van der Waals surface area contributed by atoms with E-state index in [0.717, 1.165) is 23.3 Å². The van der Waals surface area contributed by atoms with Gasteiger partial charge in [-0.25, -0.2) is 0 Å². The van der Waals surface area contributed by atoms with Crippen LogP contribution in [0.2, 0.25) is 0 Å². The minimum Gasteiger partial charge on any atom is -0.497 e. The predicted octanol–water partition coefficient (Wildman–Crippen LogP) is 3.89. The summed E-state index contributed by atoms with van der Waals surface area (Å²) in [5.41, 5.74) is 2.53. The van der Waals surface area contributed by atoms with Gasteiger partial charge in [0.15, 0.2) is 0 Å². The van der Waals surface area contributed by atoms with E-state index in [1.165, 1.54) is 0 Å². The second-order valence-corrected chi connectivity index (χ2v) is 11.4. The van der Waals surface area contributed by atoms with E-state index in [1.54, 1.807) is 23.8 Å². The summed E-state index contributed by atoms with van der Waals surface area (Å²) in [7, 11) is 1.61. The highest BCUT2D eigenvalue weighted by Gasteiger charge is 2.57. The van der Waals surface area contributed by atoms with Gasteiger partial charge in [0.1, 0.15) is 23.2 Å². The summed E-state index contributed by atoms with van der Waals surface area (Å²) in [4.78, 5) is 41.8. The Labute approximate surface area is 211 Å². The molecule has 0 spiro atoms. The first-order valence-electron chi connectivity index (χ1n) is 12.0. The van der Waals surface area contributed by atoms with Gasteiger partial charge in [0.25, 0.3) is 5.91 Å². The number of ether oxygens (including phenoxy) is 1. The molecule has 35 heavy (non-hydrogen) atoms. The van der Waals surface area contributed by atoms with E-state index >= 15 is 0 Å². The molecular formula is C27H33N3O4S. The van der Waals surface area contributed by atoms with Crippen LogP contribution in [-0.2, 0) is 16.1 Å². The van der Waals surface area contributed by atoms with Gasteiger partial charge in [0, 0.05) is 16.9 Å². The molecule has 0 unspecified atom stereocenters. The van der Waals surface area contributed by atoms with Crippen LogP contribution in [-0.4, -0.2) is 46.6 Å². The molecule has 0 saturated carbocycles. The van der Waals surface area contributed by atoms with Gasteiger partial charge in [0.2, 0.25) is 11.8 Å². The minimum absolute atomic E-state index is 0.0748. The van der Waals surface area contributed by atoms with Crippen LogP contribution >= 0.6 is 11.8 Å². The molecule has 1 saturated heterocycles. The molecule has 2 heterocycles. The lowest BCUT2D eigenvalue weighted by Crippen LogP contribution is -2.58. The Morgan fingerprint density at radius 3 is 2.49 bits per heavy atom. The van der Waals surface area contributed by atoms with Crippen LogP contribution in [0.4, 0.5) is 0 Å². The van der Waals surface area contributed by atoms with Crippen molar-refractivity contribution in [3.63, 3.8) is 0 Å². The number of rotatable bonds is 8. The van der Waals surface area contributed by atoms with Crippen LogP contribution in [0.15, 0.2) is 48.5 Å². The Kier molecular flexibility index (Phi) is 7.12. The molecule has 8 heteroatoms. The smallest absolute Gasteiger partial charge is 0.256 e. The number of hydrogen-bond acceptors (Lipinski definition) is 5. The van der Waals surface area contributed by atoms with Gasteiger partial charge in [-0.3, -0.25) is 14.4 Å². The maximum absolute atomic E-state index is 13.7. The fourth-order valence-corrected chi connectivity index (χ4v) is 6.37. The van der Waals surface area contributed by atoms with Crippen molar-refractivity contribution in [3.05, 3.63) is 65.2 Å². The van der Waals surface area contributed by atoms with Crippen LogP contribution < -0.4 is 15.4 Å². The van der Waals surface area contributed by atoms with E-state index in [1.807, 2.05) is 76.2 Å². The zero-order valence-corrected chi connectivity index (χ0v) is 21.6. The third-order valence-electron chi connectivity index (χ3n) is 6.96. The highest BCUT2D eigenvalue weighted by molar-refractivity contribution is 8.01. The molecule has 4 atom stereocenters. The fourth-order valence-electron chi connectivity index (χ4n) is 4.78. The van der Waals surface area contributed by atoms with Crippen LogP contribution in [0.5, 0.6) is 5.75 Å². The van der Waals surface area contributed by atoms with Gasteiger partial charge < -0.3 is 20.3 Å². The molecule has 2 aliphatic rings. The summed E-state index contributed by atoms with van der Waals surface area (Å²) < 4.78 is 4.68. The maximum Gasteiger partial charge on any atom is 0.256 e. The molecule has 1 fully saturated rings. The van der Waals surface area contributed by atoms with Gasteiger partial charge in [-0.15, -0.1) is 11.8 Å². The minimum atomic E-state index is -0.703. The second-order valence-electron chi connectivity index (χ2n) is 9.71. The van der Waals surface area contributed by atoms with E-state index < -0.39 is 16.8 Å². The van der Waals surface area contributed by atoms with Crippen molar-refractivity contribution in [3.8, 4) is 5.75 Å². The number of hydrogen-bond donors (Lipinski definition) is 2. The summed E-state index contributed by atoms with van der Waals surface area (Å²) >= 11 is 1.61. The van der Waals surface area contributed by atoms with Crippen molar-refractivity contribution in [1.82, 2.24) is 15.5 Å². The average Bonchev–Trinajstić information content (AvgIpc) is 3.29. The predicted molar refractivity (Wildman–Crippen MR) is 137 cm³/mol. The number of methoxy groups -OCH3 is 1. The van der Waals surface area contributed by atoms with E-state index in [2.05, 4.69) is 10.6 Å². The van der Waals surface area contributed by atoms with Crippen LogP contribution in [0.3, 0.4) is 0 Å². The lowest BCUT2D eigenvalue weighted by Gasteiger charge is -2.32. The summed E-state index contributed by atoms with van der Waals surface area (Å²) in [6.07, 6.45) is 0.723. The lowest BCUT2D eigenvalue weighted by atomic mass is 9.95. The normalized spacial score (nSPS) is 21.6. The molecule has 2 aliphatic heterocycles. The third kappa shape index (κ3) is 4.76. The Balaban J connectivity index is 1.50. The number of thioether (sulfide) groups is 1. The SMILES string of the molecule is CC[C@@H](C)[C@H](NC(=O)[C@@H]1N2C(=O)c3ccccc3[C@H]2SC1(C)C)C(=O)NCc1ccc(OC)cc1. The van der Waals surface area contributed by atoms with Crippen LogP contribution in [0.1, 0.15) is 61.0 Å².